The topological polar surface area (TPSA) is 35.0 Å². The van der Waals surface area contributed by atoms with E-state index in [1.165, 1.54) is 6.33 Å². The minimum atomic E-state index is 0.803. The maximum Gasteiger partial charge on any atom is 0.128 e. The standard InChI is InChI=1S/C11H9BrN2O/c1-15-10-5-3-2-4-8(10)11-9(12)6-13-7-14-11/h2-7H,1H3. The second-order valence-corrected chi connectivity index (χ2v) is 3.77. The number of nitrogens with zero attached hydrogens (tertiary/aromatic N) is 2. The smallest absolute Gasteiger partial charge is 0.128 e. The molecule has 0 unspecified atom stereocenters. The van der Waals surface area contributed by atoms with E-state index in [-0.39, 0.29) is 0 Å². The van der Waals surface area contributed by atoms with Gasteiger partial charge in [0.1, 0.15) is 12.1 Å². The zero-order valence-corrected chi connectivity index (χ0v) is 9.73. The van der Waals surface area contributed by atoms with Gasteiger partial charge in [0.05, 0.1) is 17.3 Å². The van der Waals surface area contributed by atoms with Crippen molar-refractivity contribution in [2.75, 3.05) is 7.11 Å². The highest BCUT2D eigenvalue weighted by Gasteiger charge is 2.09. The van der Waals surface area contributed by atoms with Gasteiger partial charge in [-0.2, -0.15) is 0 Å². The highest BCUT2D eigenvalue weighted by molar-refractivity contribution is 9.10. The maximum atomic E-state index is 5.27. The van der Waals surface area contributed by atoms with Crippen molar-refractivity contribution in [3.05, 3.63) is 41.3 Å². The molecular weight excluding hydrogens is 256 g/mol. The molecule has 0 aliphatic rings. The van der Waals surface area contributed by atoms with Crippen LogP contribution in [0.2, 0.25) is 0 Å². The van der Waals surface area contributed by atoms with Crippen LogP contribution in [0.3, 0.4) is 0 Å². The van der Waals surface area contributed by atoms with Crippen molar-refractivity contribution in [2.45, 2.75) is 0 Å². The number of methoxy groups -OCH3 is 1. The highest BCUT2D eigenvalue weighted by atomic mass is 79.9. The van der Waals surface area contributed by atoms with E-state index in [4.69, 9.17) is 4.74 Å². The molecule has 2 aromatic rings. The van der Waals surface area contributed by atoms with E-state index in [9.17, 15) is 0 Å². The average Bonchev–Trinajstić information content (AvgIpc) is 2.30. The van der Waals surface area contributed by atoms with E-state index in [0.29, 0.717) is 0 Å². The van der Waals surface area contributed by atoms with Crippen LogP contribution < -0.4 is 4.74 Å². The lowest BCUT2D eigenvalue weighted by Crippen LogP contribution is -1.91. The predicted octanol–water partition coefficient (Wildman–Crippen LogP) is 2.91. The van der Waals surface area contributed by atoms with Gasteiger partial charge in [-0.3, -0.25) is 0 Å². The minimum Gasteiger partial charge on any atom is -0.496 e. The van der Waals surface area contributed by atoms with Crippen LogP contribution in [0.1, 0.15) is 0 Å². The van der Waals surface area contributed by atoms with Gasteiger partial charge >= 0.3 is 0 Å². The summed E-state index contributed by atoms with van der Waals surface area (Å²) in [6.45, 7) is 0. The number of benzene rings is 1. The summed E-state index contributed by atoms with van der Waals surface area (Å²) in [5.74, 6) is 0.803. The summed E-state index contributed by atoms with van der Waals surface area (Å²) in [7, 11) is 1.65. The first-order valence-corrected chi connectivity index (χ1v) is 5.21. The van der Waals surface area contributed by atoms with Crippen molar-refractivity contribution < 1.29 is 4.74 Å². The van der Waals surface area contributed by atoms with Crippen molar-refractivity contribution in [3.63, 3.8) is 0 Å². The first-order valence-electron chi connectivity index (χ1n) is 4.42. The van der Waals surface area contributed by atoms with Gasteiger partial charge in [-0.15, -0.1) is 0 Å². The second-order valence-electron chi connectivity index (χ2n) is 2.92. The molecular formula is C11H9BrN2O. The van der Waals surface area contributed by atoms with Gasteiger partial charge in [-0.05, 0) is 28.1 Å². The Bertz CT molecular complexity index is 474. The molecule has 15 heavy (non-hydrogen) atoms. The van der Waals surface area contributed by atoms with Crippen molar-refractivity contribution >= 4 is 15.9 Å². The Morgan fingerprint density at radius 1 is 1.27 bits per heavy atom. The molecule has 0 atom stereocenters. The first-order chi connectivity index (χ1) is 7.33. The molecule has 0 N–H and O–H groups in total. The van der Waals surface area contributed by atoms with Crippen molar-refractivity contribution in [1.82, 2.24) is 9.97 Å². The molecule has 76 valence electrons. The second kappa shape index (κ2) is 4.40. The summed E-state index contributed by atoms with van der Waals surface area (Å²) in [6, 6.07) is 7.75. The van der Waals surface area contributed by atoms with Gasteiger partial charge < -0.3 is 4.74 Å². The molecule has 0 radical (unpaired) electrons. The molecule has 1 aromatic carbocycles. The highest BCUT2D eigenvalue weighted by Crippen LogP contribution is 2.32. The summed E-state index contributed by atoms with van der Waals surface area (Å²) >= 11 is 3.42. The molecule has 1 aromatic heterocycles. The Hall–Kier alpha value is -1.42. The number of rotatable bonds is 2. The van der Waals surface area contributed by atoms with Crippen LogP contribution in [0.5, 0.6) is 5.75 Å². The monoisotopic (exact) mass is 264 g/mol. The summed E-state index contributed by atoms with van der Waals surface area (Å²) in [4.78, 5) is 8.15. The third kappa shape index (κ3) is 1.99. The lowest BCUT2D eigenvalue weighted by atomic mass is 10.1. The molecule has 4 heteroatoms. The lowest BCUT2D eigenvalue weighted by Gasteiger charge is -2.07. The number of ether oxygens (including phenoxy) is 1. The Labute approximate surface area is 96.3 Å². The average molecular weight is 265 g/mol. The molecule has 1 heterocycles. The Morgan fingerprint density at radius 3 is 2.80 bits per heavy atom. The Kier molecular flexibility index (Phi) is 2.97. The number of para-hydroxylation sites is 1. The molecule has 0 spiro atoms. The van der Waals surface area contributed by atoms with Gasteiger partial charge in [0.2, 0.25) is 0 Å². The van der Waals surface area contributed by atoms with Crippen molar-refractivity contribution in [2.24, 2.45) is 0 Å². The van der Waals surface area contributed by atoms with E-state index in [1.807, 2.05) is 24.3 Å². The van der Waals surface area contributed by atoms with Crippen LogP contribution in [-0.4, -0.2) is 17.1 Å². The molecule has 2 rings (SSSR count). The largest absolute Gasteiger partial charge is 0.496 e. The zero-order chi connectivity index (χ0) is 10.7. The minimum absolute atomic E-state index is 0.803. The number of hydrogen-bond donors (Lipinski definition) is 0. The summed E-state index contributed by atoms with van der Waals surface area (Å²) in [5.41, 5.74) is 1.79. The van der Waals surface area contributed by atoms with Crippen LogP contribution in [-0.2, 0) is 0 Å². The van der Waals surface area contributed by atoms with Gasteiger partial charge in [-0.25, -0.2) is 9.97 Å². The van der Waals surface area contributed by atoms with Crippen molar-refractivity contribution in [3.8, 4) is 17.0 Å². The van der Waals surface area contributed by atoms with E-state index in [2.05, 4.69) is 25.9 Å². The predicted molar refractivity (Wildman–Crippen MR) is 61.7 cm³/mol. The van der Waals surface area contributed by atoms with Crippen LogP contribution in [0.25, 0.3) is 11.3 Å². The quantitative estimate of drug-likeness (QED) is 0.837. The van der Waals surface area contributed by atoms with Gasteiger partial charge in [0.15, 0.2) is 0 Å². The summed E-state index contributed by atoms with van der Waals surface area (Å²) in [5, 5.41) is 0. The van der Waals surface area contributed by atoms with Crippen LogP contribution >= 0.6 is 15.9 Å². The Morgan fingerprint density at radius 2 is 2.07 bits per heavy atom. The maximum absolute atomic E-state index is 5.27. The molecule has 3 nitrogen and oxygen atoms in total. The van der Waals surface area contributed by atoms with E-state index in [0.717, 1.165) is 21.5 Å². The normalized spacial score (nSPS) is 10.0. The fraction of sp³-hybridized carbons (Fsp3) is 0.0909. The van der Waals surface area contributed by atoms with E-state index < -0.39 is 0 Å². The molecule has 0 amide bonds. The van der Waals surface area contributed by atoms with Gasteiger partial charge in [-0.1, -0.05) is 12.1 Å². The van der Waals surface area contributed by atoms with E-state index in [1.54, 1.807) is 13.3 Å². The third-order valence-electron chi connectivity index (χ3n) is 2.03. The SMILES string of the molecule is COc1ccccc1-c1ncncc1Br. The third-order valence-corrected chi connectivity index (χ3v) is 2.61. The zero-order valence-electron chi connectivity index (χ0n) is 8.14. The first kappa shape index (κ1) is 10.1. The molecule has 0 fully saturated rings. The number of hydrogen-bond acceptors (Lipinski definition) is 3. The fourth-order valence-corrected chi connectivity index (χ4v) is 1.79. The summed E-state index contributed by atoms with van der Waals surface area (Å²) in [6.07, 6.45) is 3.24. The van der Waals surface area contributed by atoms with Crippen LogP contribution in [0, 0.1) is 0 Å². The number of halogens is 1. The van der Waals surface area contributed by atoms with Crippen molar-refractivity contribution in [1.29, 1.82) is 0 Å². The fourth-order valence-electron chi connectivity index (χ4n) is 1.35. The van der Waals surface area contributed by atoms with Crippen LogP contribution in [0.4, 0.5) is 0 Å². The number of aromatic nitrogens is 2. The molecule has 0 aliphatic carbocycles. The Balaban J connectivity index is 2.59. The molecule has 0 saturated carbocycles. The molecule has 0 bridgehead atoms. The molecule has 0 saturated heterocycles. The van der Waals surface area contributed by atoms with E-state index >= 15 is 0 Å². The van der Waals surface area contributed by atoms with Crippen LogP contribution in [0.15, 0.2) is 41.3 Å². The summed E-state index contributed by atoms with van der Waals surface area (Å²) < 4.78 is 6.13. The van der Waals surface area contributed by atoms with Gasteiger partial charge in [0.25, 0.3) is 0 Å². The molecule has 0 aliphatic heterocycles. The lowest BCUT2D eigenvalue weighted by molar-refractivity contribution is 0.416. The van der Waals surface area contributed by atoms with Gasteiger partial charge in [0, 0.05) is 11.8 Å².